The number of thioether (sulfide) groups is 1. The van der Waals surface area contributed by atoms with Gasteiger partial charge >= 0.3 is 0 Å². The molecular weight excluding hydrogens is 409 g/mol. The molecule has 2 amide bonds. The summed E-state index contributed by atoms with van der Waals surface area (Å²) in [5.41, 5.74) is 0.218. The molecule has 2 fully saturated rings. The molecule has 4 rings (SSSR count). The Bertz CT molecular complexity index is 1010. The first kappa shape index (κ1) is 20.3. The van der Waals surface area contributed by atoms with Crippen LogP contribution < -0.4 is 0 Å². The first-order chi connectivity index (χ1) is 14.4. The molecule has 0 aliphatic carbocycles. The van der Waals surface area contributed by atoms with E-state index in [1.807, 2.05) is 0 Å². The van der Waals surface area contributed by atoms with Crippen LogP contribution in [0.1, 0.15) is 33.6 Å². The lowest BCUT2D eigenvalue weighted by Gasteiger charge is -2.44. The van der Waals surface area contributed by atoms with Crippen molar-refractivity contribution in [2.24, 2.45) is 0 Å². The molecule has 2 saturated heterocycles. The van der Waals surface area contributed by atoms with E-state index in [-0.39, 0.29) is 28.6 Å². The highest BCUT2D eigenvalue weighted by Crippen LogP contribution is 2.44. The number of non-ortho nitro benzene ring substituents is 1. The molecule has 7 nitrogen and oxygen atoms in total. The van der Waals surface area contributed by atoms with Crippen LogP contribution in [-0.2, 0) is 0 Å². The molecule has 1 spiro atoms. The predicted molar refractivity (Wildman–Crippen MR) is 111 cm³/mol. The van der Waals surface area contributed by atoms with Gasteiger partial charge in [-0.05, 0) is 31.0 Å². The molecule has 30 heavy (non-hydrogen) atoms. The Morgan fingerprint density at radius 1 is 1.03 bits per heavy atom. The average Bonchev–Trinajstić information content (AvgIpc) is 3.16. The van der Waals surface area contributed by atoms with Crippen molar-refractivity contribution < 1.29 is 18.9 Å². The van der Waals surface area contributed by atoms with Gasteiger partial charge in [0.15, 0.2) is 0 Å². The maximum atomic E-state index is 14.1. The van der Waals surface area contributed by atoms with E-state index in [1.54, 1.807) is 39.8 Å². The normalized spacial score (nSPS) is 17.9. The Kier molecular flexibility index (Phi) is 5.46. The van der Waals surface area contributed by atoms with Crippen LogP contribution in [0, 0.1) is 15.9 Å². The van der Waals surface area contributed by atoms with Gasteiger partial charge in [-0.15, -0.1) is 11.8 Å². The van der Waals surface area contributed by atoms with Crippen molar-refractivity contribution in [2.75, 3.05) is 25.4 Å². The fourth-order valence-electron chi connectivity index (χ4n) is 4.08. The first-order valence-electron chi connectivity index (χ1n) is 9.65. The molecule has 2 aliphatic heterocycles. The van der Waals surface area contributed by atoms with Crippen molar-refractivity contribution in [3.63, 3.8) is 0 Å². The van der Waals surface area contributed by atoms with E-state index in [9.17, 15) is 24.1 Å². The van der Waals surface area contributed by atoms with Gasteiger partial charge in [0.2, 0.25) is 0 Å². The summed E-state index contributed by atoms with van der Waals surface area (Å²) in [6, 6.07) is 11.7. The maximum Gasteiger partial charge on any atom is 0.270 e. The largest absolute Gasteiger partial charge is 0.338 e. The molecule has 0 saturated carbocycles. The number of halogens is 1. The Hall–Kier alpha value is -2.94. The Labute approximate surface area is 177 Å². The van der Waals surface area contributed by atoms with Crippen LogP contribution in [0.15, 0.2) is 48.5 Å². The topological polar surface area (TPSA) is 83.8 Å². The van der Waals surface area contributed by atoms with E-state index >= 15 is 0 Å². The van der Waals surface area contributed by atoms with Crippen molar-refractivity contribution in [2.45, 2.75) is 17.7 Å². The van der Waals surface area contributed by atoms with Crippen LogP contribution in [0.25, 0.3) is 0 Å². The second kappa shape index (κ2) is 8.06. The third-order valence-corrected chi connectivity index (χ3v) is 7.22. The summed E-state index contributed by atoms with van der Waals surface area (Å²) in [7, 11) is 0. The molecule has 0 atom stereocenters. The number of carbonyl (C=O) groups is 2. The van der Waals surface area contributed by atoms with Crippen LogP contribution in [0.2, 0.25) is 0 Å². The molecule has 2 heterocycles. The van der Waals surface area contributed by atoms with Gasteiger partial charge in [-0.3, -0.25) is 19.7 Å². The van der Waals surface area contributed by atoms with Crippen LogP contribution in [0.4, 0.5) is 10.1 Å². The summed E-state index contributed by atoms with van der Waals surface area (Å²) in [5.74, 6) is -0.355. The highest BCUT2D eigenvalue weighted by atomic mass is 32.2. The lowest BCUT2D eigenvalue weighted by atomic mass is 10.00. The minimum Gasteiger partial charge on any atom is -0.338 e. The number of benzene rings is 2. The third-order valence-electron chi connectivity index (χ3n) is 5.66. The number of hydrogen-bond donors (Lipinski definition) is 0. The Morgan fingerprint density at radius 2 is 1.77 bits per heavy atom. The quantitative estimate of drug-likeness (QED) is 0.550. The monoisotopic (exact) mass is 429 g/mol. The average molecular weight is 429 g/mol. The molecule has 0 N–H and O–H groups in total. The maximum absolute atomic E-state index is 14.1. The molecule has 156 valence electrons. The summed E-state index contributed by atoms with van der Waals surface area (Å²) in [4.78, 5) is 39.2. The van der Waals surface area contributed by atoms with Crippen molar-refractivity contribution in [3.05, 3.63) is 75.6 Å². The number of nitro groups is 1. The molecule has 0 aromatic heterocycles. The zero-order valence-electron chi connectivity index (χ0n) is 16.1. The van der Waals surface area contributed by atoms with E-state index in [2.05, 4.69) is 0 Å². The second-order valence-electron chi connectivity index (χ2n) is 7.33. The van der Waals surface area contributed by atoms with Crippen molar-refractivity contribution in [1.82, 2.24) is 9.80 Å². The second-order valence-corrected chi connectivity index (χ2v) is 8.79. The molecule has 2 aliphatic rings. The third kappa shape index (κ3) is 3.65. The van der Waals surface area contributed by atoms with Crippen molar-refractivity contribution in [3.8, 4) is 0 Å². The van der Waals surface area contributed by atoms with Gasteiger partial charge < -0.3 is 9.80 Å². The van der Waals surface area contributed by atoms with Gasteiger partial charge in [-0.2, -0.15) is 0 Å². The smallest absolute Gasteiger partial charge is 0.270 e. The zero-order chi connectivity index (χ0) is 21.3. The van der Waals surface area contributed by atoms with E-state index in [1.165, 1.54) is 30.3 Å². The van der Waals surface area contributed by atoms with Gasteiger partial charge in [-0.25, -0.2) is 4.39 Å². The number of carbonyl (C=O) groups excluding carboxylic acids is 2. The molecule has 0 unspecified atom stereocenters. The SMILES string of the molecule is O=C(c1cccc([N+](=O)[O-])c1)N1CCC2(CC1)SCCN2C(=O)c1ccccc1F. The van der Waals surface area contributed by atoms with Crippen molar-refractivity contribution in [1.29, 1.82) is 0 Å². The minimum absolute atomic E-state index is 0.0643. The van der Waals surface area contributed by atoms with Gasteiger partial charge in [0, 0.05) is 43.1 Å². The highest BCUT2D eigenvalue weighted by Gasteiger charge is 2.47. The van der Waals surface area contributed by atoms with Crippen LogP contribution in [-0.4, -0.2) is 56.8 Å². The Morgan fingerprint density at radius 3 is 2.47 bits per heavy atom. The fraction of sp³-hybridized carbons (Fsp3) is 0.333. The summed E-state index contributed by atoms with van der Waals surface area (Å²) >= 11 is 1.67. The molecule has 0 radical (unpaired) electrons. The van der Waals surface area contributed by atoms with Crippen LogP contribution in [0.3, 0.4) is 0 Å². The predicted octanol–water partition coefficient (Wildman–Crippen LogP) is 3.56. The molecule has 2 aromatic carbocycles. The minimum atomic E-state index is -0.534. The number of nitro benzene ring substituents is 1. The van der Waals surface area contributed by atoms with Crippen LogP contribution >= 0.6 is 11.8 Å². The number of likely N-dealkylation sites (tertiary alicyclic amines) is 1. The summed E-state index contributed by atoms with van der Waals surface area (Å²) in [5, 5.41) is 11.0. The number of hydrogen-bond acceptors (Lipinski definition) is 5. The van der Waals surface area contributed by atoms with Crippen molar-refractivity contribution >= 4 is 29.3 Å². The summed E-state index contributed by atoms with van der Waals surface area (Å²) in [6.07, 6.45) is 1.14. The summed E-state index contributed by atoms with van der Waals surface area (Å²) < 4.78 is 14.1. The van der Waals surface area contributed by atoms with E-state index < -0.39 is 15.6 Å². The number of amides is 2. The van der Waals surface area contributed by atoms with Gasteiger partial charge in [0.1, 0.15) is 5.82 Å². The number of piperidine rings is 1. The van der Waals surface area contributed by atoms with Gasteiger partial charge in [-0.1, -0.05) is 18.2 Å². The first-order valence-corrected chi connectivity index (χ1v) is 10.6. The van der Waals surface area contributed by atoms with Gasteiger partial charge in [0.05, 0.1) is 15.4 Å². The highest BCUT2D eigenvalue weighted by molar-refractivity contribution is 8.00. The number of nitrogens with zero attached hydrogens (tertiary/aromatic N) is 3. The van der Waals surface area contributed by atoms with E-state index in [0.717, 1.165) is 5.75 Å². The standard InChI is InChI=1S/C21H20FN3O4S/c22-18-7-2-1-6-17(18)20(27)24-12-13-30-21(24)8-10-23(11-9-21)19(26)15-4-3-5-16(14-15)25(28)29/h1-7,14H,8-13H2. The fourth-order valence-corrected chi connectivity index (χ4v) is 5.54. The van der Waals surface area contributed by atoms with Crippen LogP contribution in [0.5, 0.6) is 0 Å². The lowest BCUT2D eigenvalue weighted by Crippen LogP contribution is -2.53. The van der Waals surface area contributed by atoms with E-state index in [4.69, 9.17) is 0 Å². The molecule has 2 aromatic rings. The van der Waals surface area contributed by atoms with Gasteiger partial charge in [0.25, 0.3) is 17.5 Å². The molecule has 9 heteroatoms. The lowest BCUT2D eigenvalue weighted by molar-refractivity contribution is -0.384. The Balaban J connectivity index is 1.48. The number of rotatable bonds is 3. The zero-order valence-corrected chi connectivity index (χ0v) is 16.9. The molecule has 0 bridgehead atoms. The molecular formula is C21H20FN3O4S. The van der Waals surface area contributed by atoms with E-state index in [0.29, 0.717) is 32.5 Å². The summed E-state index contributed by atoms with van der Waals surface area (Å²) in [6.45, 7) is 1.39.